The Balaban J connectivity index is 1.95. The highest BCUT2D eigenvalue weighted by Crippen LogP contribution is 2.32. The quantitative estimate of drug-likeness (QED) is 0.915. The van der Waals surface area contributed by atoms with E-state index in [-0.39, 0.29) is 0 Å². The minimum absolute atomic E-state index is 0.292. The Labute approximate surface area is 137 Å². The van der Waals surface area contributed by atoms with Gasteiger partial charge in [-0.1, -0.05) is 18.2 Å². The van der Waals surface area contributed by atoms with E-state index in [1.807, 2.05) is 43.8 Å². The standard InChI is InChI=1S/C17H23N3O2S/c1-17(2,3)19-23(21,22)16-7-5-4-6-15(16)14-10-18-20(12-14)11-13-8-9-13/h4-7,10,12-13,19H,8-9,11H2,1-3H3. The van der Waals surface area contributed by atoms with Crippen LogP contribution in [0.25, 0.3) is 11.1 Å². The van der Waals surface area contributed by atoms with Crippen LogP contribution in [-0.2, 0) is 16.6 Å². The summed E-state index contributed by atoms with van der Waals surface area (Å²) >= 11 is 0. The van der Waals surface area contributed by atoms with E-state index in [0.717, 1.165) is 18.0 Å². The van der Waals surface area contributed by atoms with E-state index in [9.17, 15) is 8.42 Å². The van der Waals surface area contributed by atoms with Crippen molar-refractivity contribution in [2.45, 2.75) is 50.6 Å². The van der Waals surface area contributed by atoms with Crippen molar-refractivity contribution in [1.82, 2.24) is 14.5 Å². The number of rotatable bonds is 5. The van der Waals surface area contributed by atoms with E-state index in [0.29, 0.717) is 10.5 Å². The summed E-state index contributed by atoms with van der Waals surface area (Å²) in [7, 11) is -3.59. The average molecular weight is 333 g/mol. The zero-order valence-electron chi connectivity index (χ0n) is 13.8. The van der Waals surface area contributed by atoms with Crippen molar-refractivity contribution in [2.24, 2.45) is 5.92 Å². The molecule has 0 amide bonds. The molecule has 2 aromatic rings. The summed E-state index contributed by atoms with van der Waals surface area (Å²) in [6, 6.07) is 7.07. The number of nitrogens with zero attached hydrogens (tertiary/aromatic N) is 2. The maximum atomic E-state index is 12.7. The van der Waals surface area contributed by atoms with Gasteiger partial charge in [-0.25, -0.2) is 13.1 Å². The number of hydrogen-bond donors (Lipinski definition) is 1. The second-order valence-corrected chi connectivity index (χ2v) is 8.90. The highest BCUT2D eigenvalue weighted by atomic mass is 32.2. The van der Waals surface area contributed by atoms with Crippen LogP contribution in [0.2, 0.25) is 0 Å². The predicted octanol–water partition coefficient (Wildman–Crippen LogP) is 3.04. The summed E-state index contributed by atoms with van der Waals surface area (Å²) in [6.07, 6.45) is 6.20. The fourth-order valence-electron chi connectivity index (χ4n) is 2.57. The molecule has 3 rings (SSSR count). The monoisotopic (exact) mass is 333 g/mol. The van der Waals surface area contributed by atoms with E-state index < -0.39 is 15.6 Å². The highest BCUT2D eigenvalue weighted by molar-refractivity contribution is 7.89. The maximum absolute atomic E-state index is 12.7. The molecular weight excluding hydrogens is 310 g/mol. The highest BCUT2D eigenvalue weighted by Gasteiger charge is 2.26. The SMILES string of the molecule is CC(C)(C)NS(=O)(=O)c1ccccc1-c1cnn(CC2CC2)c1. The Kier molecular flexibility index (Phi) is 4.06. The number of benzene rings is 1. The largest absolute Gasteiger partial charge is 0.272 e. The Hall–Kier alpha value is -1.66. The third-order valence-electron chi connectivity index (χ3n) is 3.70. The van der Waals surface area contributed by atoms with Gasteiger partial charge in [0.25, 0.3) is 0 Å². The molecule has 0 spiro atoms. The second-order valence-electron chi connectivity index (χ2n) is 7.25. The molecular formula is C17H23N3O2S. The first-order chi connectivity index (χ1) is 10.7. The smallest absolute Gasteiger partial charge is 0.241 e. The molecule has 23 heavy (non-hydrogen) atoms. The summed E-state index contributed by atoms with van der Waals surface area (Å²) in [5, 5.41) is 4.37. The molecule has 0 saturated heterocycles. The predicted molar refractivity (Wildman–Crippen MR) is 90.5 cm³/mol. The zero-order valence-corrected chi connectivity index (χ0v) is 14.6. The molecule has 0 unspecified atom stereocenters. The lowest BCUT2D eigenvalue weighted by Gasteiger charge is -2.21. The van der Waals surface area contributed by atoms with Crippen LogP contribution >= 0.6 is 0 Å². The second kappa shape index (κ2) is 5.76. The fourth-order valence-corrected chi connectivity index (χ4v) is 4.21. The van der Waals surface area contributed by atoms with E-state index in [4.69, 9.17) is 0 Å². The molecule has 1 aromatic carbocycles. The topological polar surface area (TPSA) is 64.0 Å². The van der Waals surface area contributed by atoms with Crippen LogP contribution in [0, 0.1) is 5.92 Å². The van der Waals surface area contributed by atoms with Gasteiger partial charge < -0.3 is 0 Å². The van der Waals surface area contributed by atoms with Gasteiger partial charge >= 0.3 is 0 Å². The fraction of sp³-hybridized carbons (Fsp3) is 0.471. The summed E-state index contributed by atoms with van der Waals surface area (Å²) in [5.41, 5.74) is 0.995. The van der Waals surface area contributed by atoms with Crippen LogP contribution in [0.5, 0.6) is 0 Å². The molecule has 0 radical (unpaired) electrons. The first kappa shape index (κ1) is 16.2. The lowest BCUT2D eigenvalue weighted by atomic mass is 10.1. The van der Waals surface area contributed by atoms with Crippen molar-refractivity contribution in [3.63, 3.8) is 0 Å². The average Bonchev–Trinajstić information content (AvgIpc) is 3.12. The van der Waals surface area contributed by atoms with Gasteiger partial charge in [0.15, 0.2) is 0 Å². The van der Waals surface area contributed by atoms with Crippen molar-refractivity contribution in [3.8, 4) is 11.1 Å². The first-order valence-corrected chi connectivity index (χ1v) is 9.39. The molecule has 1 N–H and O–H groups in total. The van der Waals surface area contributed by atoms with Crippen LogP contribution in [0.15, 0.2) is 41.6 Å². The summed E-state index contributed by atoms with van der Waals surface area (Å²) in [4.78, 5) is 0.292. The van der Waals surface area contributed by atoms with Crippen molar-refractivity contribution < 1.29 is 8.42 Å². The van der Waals surface area contributed by atoms with Gasteiger partial charge in [0, 0.05) is 29.4 Å². The van der Waals surface area contributed by atoms with Gasteiger partial charge in [-0.3, -0.25) is 4.68 Å². The van der Waals surface area contributed by atoms with Crippen molar-refractivity contribution in [1.29, 1.82) is 0 Å². The Morgan fingerprint density at radius 1 is 1.26 bits per heavy atom. The van der Waals surface area contributed by atoms with Gasteiger partial charge in [-0.15, -0.1) is 0 Å². The lowest BCUT2D eigenvalue weighted by molar-refractivity contribution is 0.491. The number of hydrogen-bond acceptors (Lipinski definition) is 3. The normalized spacial score (nSPS) is 15.8. The number of aromatic nitrogens is 2. The molecule has 1 saturated carbocycles. The summed E-state index contributed by atoms with van der Waals surface area (Å²) in [5.74, 6) is 0.726. The summed E-state index contributed by atoms with van der Waals surface area (Å²) in [6.45, 7) is 6.41. The molecule has 1 fully saturated rings. The van der Waals surface area contributed by atoms with Crippen LogP contribution in [0.3, 0.4) is 0 Å². The van der Waals surface area contributed by atoms with Gasteiger partial charge in [0.2, 0.25) is 10.0 Å². The Bertz CT molecular complexity index is 799. The molecule has 6 heteroatoms. The van der Waals surface area contributed by atoms with E-state index in [1.54, 1.807) is 18.3 Å². The molecule has 1 aliphatic carbocycles. The van der Waals surface area contributed by atoms with E-state index in [2.05, 4.69) is 9.82 Å². The van der Waals surface area contributed by atoms with Gasteiger partial charge in [0.05, 0.1) is 11.1 Å². The molecule has 5 nitrogen and oxygen atoms in total. The lowest BCUT2D eigenvalue weighted by Crippen LogP contribution is -2.40. The Morgan fingerprint density at radius 3 is 2.61 bits per heavy atom. The molecule has 0 atom stereocenters. The zero-order chi connectivity index (χ0) is 16.7. The molecule has 0 bridgehead atoms. The van der Waals surface area contributed by atoms with Crippen molar-refractivity contribution >= 4 is 10.0 Å². The van der Waals surface area contributed by atoms with Gasteiger partial charge in [0.1, 0.15) is 0 Å². The van der Waals surface area contributed by atoms with Crippen LogP contribution < -0.4 is 4.72 Å². The Morgan fingerprint density at radius 2 is 1.96 bits per heavy atom. The van der Waals surface area contributed by atoms with Crippen LogP contribution in [-0.4, -0.2) is 23.7 Å². The molecule has 1 aliphatic rings. The number of sulfonamides is 1. The molecule has 0 aliphatic heterocycles. The third-order valence-corrected chi connectivity index (χ3v) is 5.52. The van der Waals surface area contributed by atoms with Crippen LogP contribution in [0.4, 0.5) is 0 Å². The first-order valence-electron chi connectivity index (χ1n) is 7.90. The molecule has 124 valence electrons. The molecule has 1 aromatic heterocycles. The minimum atomic E-state index is -3.59. The summed E-state index contributed by atoms with van der Waals surface area (Å²) < 4.78 is 30.0. The third kappa shape index (κ3) is 4.00. The molecule has 1 heterocycles. The van der Waals surface area contributed by atoms with E-state index >= 15 is 0 Å². The van der Waals surface area contributed by atoms with Gasteiger partial charge in [-0.05, 0) is 45.6 Å². The maximum Gasteiger partial charge on any atom is 0.241 e. The van der Waals surface area contributed by atoms with Crippen molar-refractivity contribution in [3.05, 3.63) is 36.7 Å². The van der Waals surface area contributed by atoms with Gasteiger partial charge in [-0.2, -0.15) is 5.10 Å². The number of nitrogens with one attached hydrogen (secondary N) is 1. The van der Waals surface area contributed by atoms with Crippen LogP contribution in [0.1, 0.15) is 33.6 Å². The van der Waals surface area contributed by atoms with E-state index in [1.165, 1.54) is 12.8 Å². The van der Waals surface area contributed by atoms with Crippen molar-refractivity contribution in [2.75, 3.05) is 0 Å². The minimum Gasteiger partial charge on any atom is -0.272 e.